The first-order valence-electron chi connectivity index (χ1n) is 6.88. The van der Waals surface area contributed by atoms with Crippen LogP contribution in [0.2, 0.25) is 0 Å². The third-order valence-corrected chi connectivity index (χ3v) is 5.09. The fraction of sp³-hybridized carbons (Fsp3) is 0.600. The van der Waals surface area contributed by atoms with Crippen LogP contribution in [0.4, 0.5) is 0 Å². The first-order chi connectivity index (χ1) is 9.18. The van der Waals surface area contributed by atoms with Gasteiger partial charge in [0.1, 0.15) is 0 Å². The molecule has 1 aromatic rings. The number of halogens is 1. The van der Waals surface area contributed by atoms with Crippen molar-refractivity contribution in [3.05, 3.63) is 34.3 Å². The minimum absolute atomic E-state index is 0.0576. The zero-order valence-electron chi connectivity index (χ0n) is 11.0. The molecule has 0 bridgehead atoms. The van der Waals surface area contributed by atoms with Gasteiger partial charge in [0.2, 0.25) is 0 Å². The molecular formula is C15H20BrNO2. The van der Waals surface area contributed by atoms with Crippen LogP contribution in [0.15, 0.2) is 28.7 Å². The molecule has 19 heavy (non-hydrogen) atoms. The minimum Gasteiger partial charge on any atom is -0.396 e. The maximum absolute atomic E-state index is 9.50. The SMILES string of the molecule is OCC1(CNC2(c3ccc(Br)cc3)CCC2)COC1. The molecule has 2 N–H and O–H groups in total. The van der Waals surface area contributed by atoms with Crippen LogP contribution in [0.1, 0.15) is 24.8 Å². The Morgan fingerprint density at radius 2 is 1.89 bits per heavy atom. The topological polar surface area (TPSA) is 41.5 Å². The minimum atomic E-state index is -0.0576. The van der Waals surface area contributed by atoms with Gasteiger partial charge in [0.25, 0.3) is 0 Å². The lowest BCUT2D eigenvalue weighted by Gasteiger charge is -2.48. The monoisotopic (exact) mass is 325 g/mol. The number of aliphatic hydroxyl groups excluding tert-OH is 1. The van der Waals surface area contributed by atoms with Crippen LogP contribution in [0.5, 0.6) is 0 Å². The van der Waals surface area contributed by atoms with Gasteiger partial charge in [-0.3, -0.25) is 0 Å². The smallest absolute Gasteiger partial charge is 0.0579 e. The summed E-state index contributed by atoms with van der Waals surface area (Å²) in [5.74, 6) is 0. The predicted molar refractivity (Wildman–Crippen MR) is 78.0 cm³/mol. The highest BCUT2D eigenvalue weighted by atomic mass is 79.9. The first kappa shape index (κ1) is 13.6. The second-order valence-electron chi connectivity index (χ2n) is 5.95. The Hall–Kier alpha value is -0.420. The lowest BCUT2D eigenvalue weighted by Crippen LogP contribution is -2.58. The van der Waals surface area contributed by atoms with Crippen molar-refractivity contribution in [3.63, 3.8) is 0 Å². The van der Waals surface area contributed by atoms with E-state index in [-0.39, 0.29) is 17.6 Å². The van der Waals surface area contributed by atoms with Crippen LogP contribution in [0, 0.1) is 5.41 Å². The van der Waals surface area contributed by atoms with E-state index in [0.717, 1.165) is 11.0 Å². The van der Waals surface area contributed by atoms with Crippen molar-refractivity contribution in [2.24, 2.45) is 5.41 Å². The molecule has 2 fully saturated rings. The molecule has 4 heteroatoms. The highest BCUT2D eigenvalue weighted by molar-refractivity contribution is 9.10. The third-order valence-electron chi connectivity index (χ3n) is 4.56. The molecule has 2 aliphatic rings. The van der Waals surface area contributed by atoms with Crippen molar-refractivity contribution in [1.29, 1.82) is 0 Å². The van der Waals surface area contributed by atoms with Crippen LogP contribution < -0.4 is 5.32 Å². The van der Waals surface area contributed by atoms with Gasteiger partial charge in [0, 0.05) is 16.6 Å². The highest BCUT2D eigenvalue weighted by Crippen LogP contribution is 2.42. The molecule has 1 saturated carbocycles. The average Bonchev–Trinajstić information content (AvgIpc) is 2.32. The summed E-state index contributed by atoms with van der Waals surface area (Å²) in [5.41, 5.74) is 1.41. The summed E-state index contributed by atoms with van der Waals surface area (Å²) in [7, 11) is 0. The van der Waals surface area contributed by atoms with Gasteiger partial charge in [-0.2, -0.15) is 0 Å². The Bertz CT molecular complexity index is 432. The molecule has 104 valence electrons. The molecule has 0 unspecified atom stereocenters. The summed E-state index contributed by atoms with van der Waals surface area (Å²) in [4.78, 5) is 0. The molecule has 3 nitrogen and oxygen atoms in total. The van der Waals surface area contributed by atoms with Gasteiger partial charge in [-0.1, -0.05) is 28.1 Å². The molecule has 1 heterocycles. The van der Waals surface area contributed by atoms with E-state index in [1.54, 1.807) is 0 Å². The lowest BCUT2D eigenvalue weighted by atomic mass is 9.71. The summed E-state index contributed by atoms with van der Waals surface area (Å²) in [6.45, 7) is 2.38. The maximum atomic E-state index is 9.50. The second kappa shape index (κ2) is 5.17. The predicted octanol–water partition coefficient (Wildman–Crippen LogP) is 2.43. The van der Waals surface area contributed by atoms with E-state index in [0.29, 0.717) is 13.2 Å². The molecule has 1 aliphatic carbocycles. The Kier molecular flexibility index (Phi) is 3.69. The number of rotatable bonds is 5. The highest BCUT2D eigenvalue weighted by Gasteiger charge is 2.43. The van der Waals surface area contributed by atoms with Crippen molar-refractivity contribution >= 4 is 15.9 Å². The molecule has 3 rings (SSSR count). The molecule has 1 aromatic carbocycles. The summed E-state index contributed by atoms with van der Waals surface area (Å²) in [6.07, 6.45) is 3.62. The summed E-state index contributed by atoms with van der Waals surface area (Å²) >= 11 is 3.48. The van der Waals surface area contributed by atoms with Crippen LogP contribution in [-0.4, -0.2) is 31.5 Å². The number of ether oxygens (including phenoxy) is 1. The Balaban J connectivity index is 1.71. The van der Waals surface area contributed by atoms with E-state index >= 15 is 0 Å². The van der Waals surface area contributed by atoms with Crippen molar-refractivity contribution in [3.8, 4) is 0 Å². The van der Waals surface area contributed by atoms with Crippen molar-refractivity contribution < 1.29 is 9.84 Å². The molecule has 0 amide bonds. The molecule has 0 atom stereocenters. The fourth-order valence-electron chi connectivity index (χ4n) is 2.86. The zero-order valence-corrected chi connectivity index (χ0v) is 12.6. The Morgan fingerprint density at radius 1 is 1.21 bits per heavy atom. The Labute approximate surface area is 122 Å². The normalized spacial score (nSPS) is 23.5. The van der Waals surface area contributed by atoms with E-state index in [2.05, 4.69) is 45.5 Å². The van der Waals surface area contributed by atoms with Crippen LogP contribution in [-0.2, 0) is 10.3 Å². The van der Waals surface area contributed by atoms with E-state index in [1.807, 2.05) is 0 Å². The molecule has 0 aromatic heterocycles. The van der Waals surface area contributed by atoms with Crippen LogP contribution >= 0.6 is 15.9 Å². The summed E-state index contributed by atoms with van der Waals surface area (Å²) in [5, 5.41) is 13.2. The van der Waals surface area contributed by atoms with Gasteiger partial charge in [0.15, 0.2) is 0 Å². The van der Waals surface area contributed by atoms with Gasteiger partial charge in [-0.25, -0.2) is 0 Å². The number of hydrogen-bond acceptors (Lipinski definition) is 3. The van der Waals surface area contributed by atoms with Gasteiger partial charge in [-0.05, 0) is 37.0 Å². The lowest BCUT2D eigenvalue weighted by molar-refractivity contribution is -0.138. The van der Waals surface area contributed by atoms with Gasteiger partial charge in [-0.15, -0.1) is 0 Å². The molecule has 0 spiro atoms. The zero-order chi connectivity index (χ0) is 13.3. The average molecular weight is 326 g/mol. The number of benzene rings is 1. The van der Waals surface area contributed by atoms with Gasteiger partial charge < -0.3 is 15.2 Å². The van der Waals surface area contributed by atoms with Gasteiger partial charge >= 0.3 is 0 Å². The molecular weight excluding hydrogens is 306 g/mol. The van der Waals surface area contributed by atoms with Crippen LogP contribution in [0.3, 0.4) is 0 Å². The third kappa shape index (κ3) is 2.47. The van der Waals surface area contributed by atoms with Gasteiger partial charge in [0.05, 0.1) is 25.2 Å². The first-order valence-corrected chi connectivity index (χ1v) is 7.67. The molecule has 1 saturated heterocycles. The largest absolute Gasteiger partial charge is 0.396 e. The Morgan fingerprint density at radius 3 is 2.32 bits per heavy atom. The van der Waals surface area contributed by atoms with Crippen molar-refractivity contribution in [2.45, 2.75) is 24.8 Å². The van der Waals surface area contributed by atoms with Crippen LogP contribution in [0.25, 0.3) is 0 Å². The van der Waals surface area contributed by atoms with E-state index in [4.69, 9.17) is 4.74 Å². The summed E-state index contributed by atoms with van der Waals surface area (Å²) < 4.78 is 6.38. The van der Waals surface area contributed by atoms with Crippen molar-refractivity contribution in [1.82, 2.24) is 5.32 Å². The second-order valence-corrected chi connectivity index (χ2v) is 6.86. The standard InChI is InChI=1S/C15H20BrNO2/c16-13-4-2-12(3-5-13)15(6-1-7-15)17-8-14(9-18)10-19-11-14/h2-5,17-18H,1,6-11H2. The van der Waals surface area contributed by atoms with Crippen molar-refractivity contribution in [2.75, 3.05) is 26.4 Å². The number of nitrogens with one attached hydrogen (secondary N) is 1. The number of hydrogen-bond donors (Lipinski definition) is 2. The van der Waals surface area contributed by atoms with E-state index in [9.17, 15) is 5.11 Å². The quantitative estimate of drug-likeness (QED) is 0.873. The fourth-order valence-corrected chi connectivity index (χ4v) is 3.13. The maximum Gasteiger partial charge on any atom is 0.0579 e. The summed E-state index contributed by atoms with van der Waals surface area (Å²) in [6, 6.07) is 8.59. The van der Waals surface area contributed by atoms with E-state index in [1.165, 1.54) is 24.8 Å². The van der Waals surface area contributed by atoms with E-state index < -0.39 is 0 Å². The molecule has 0 radical (unpaired) electrons. The number of aliphatic hydroxyl groups is 1. The molecule has 1 aliphatic heterocycles.